The van der Waals surface area contributed by atoms with E-state index in [-0.39, 0.29) is 17.7 Å². The van der Waals surface area contributed by atoms with Crippen LogP contribution in [0.4, 0.5) is 0 Å². The molecule has 6 rings (SSSR count). The average Bonchev–Trinajstić information content (AvgIpc) is 3.02. The van der Waals surface area contributed by atoms with E-state index in [2.05, 4.69) is 58.9 Å². The summed E-state index contributed by atoms with van der Waals surface area (Å²) in [6, 6.07) is 6.28. The van der Waals surface area contributed by atoms with Crippen molar-refractivity contribution >= 4 is 16.7 Å². The Balaban J connectivity index is 1.44. The Morgan fingerprint density at radius 1 is 1.09 bits per heavy atom. The van der Waals surface area contributed by atoms with Gasteiger partial charge in [-0.1, -0.05) is 60.7 Å². The van der Waals surface area contributed by atoms with E-state index in [0.29, 0.717) is 6.61 Å². The molecule has 1 fully saturated rings. The topological polar surface area (TPSA) is 43.7 Å². The lowest BCUT2D eigenvalue weighted by Crippen LogP contribution is -2.42. The molecule has 5 nitrogen and oxygen atoms in total. The first kappa shape index (κ1) is 21.4. The number of hydrogen-bond acceptors (Lipinski definition) is 4. The molecule has 0 radical (unpaired) electrons. The Bertz CT molecular complexity index is 1280. The summed E-state index contributed by atoms with van der Waals surface area (Å²) in [5.74, 6) is 0.760. The highest BCUT2D eigenvalue weighted by atomic mass is 16.5. The first-order valence-electron chi connectivity index (χ1n) is 12.2. The van der Waals surface area contributed by atoms with Gasteiger partial charge in [-0.05, 0) is 30.6 Å². The minimum Gasteiger partial charge on any atom is -0.489 e. The highest BCUT2D eigenvalue weighted by molar-refractivity contribution is 6.13. The molecule has 0 spiro atoms. The van der Waals surface area contributed by atoms with Crippen LogP contribution in [-0.2, 0) is 4.74 Å². The number of morpholine rings is 1. The van der Waals surface area contributed by atoms with Gasteiger partial charge in [0.25, 0.3) is 0 Å². The van der Waals surface area contributed by atoms with E-state index in [1.807, 2.05) is 24.3 Å². The largest absolute Gasteiger partial charge is 0.489 e. The van der Waals surface area contributed by atoms with Crippen molar-refractivity contribution in [2.75, 3.05) is 39.5 Å². The summed E-state index contributed by atoms with van der Waals surface area (Å²) in [5, 5.41) is 0.999. The van der Waals surface area contributed by atoms with Crippen LogP contribution in [0.25, 0.3) is 10.9 Å². The van der Waals surface area contributed by atoms with Gasteiger partial charge in [-0.15, -0.1) is 0 Å². The molecule has 0 saturated carbocycles. The molecule has 1 aromatic carbocycles. The molecule has 1 aromatic heterocycles. The predicted molar refractivity (Wildman–Crippen MR) is 134 cm³/mol. The Kier molecular flexibility index (Phi) is 5.60. The molecule has 1 saturated heterocycles. The average molecular weight is 455 g/mol. The quantitative estimate of drug-likeness (QED) is 0.613. The van der Waals surface area contributed by atoms with Gasteiger partial charge < -0.3 is 14.0 Å². The number of nitrogens with zero attached hydrogens (tertiary/aromatic N) is 2. The highest BCUT2D eigenvalue weighted by Gasteiger charge is 2.34. The Morgan fingerprint density at radius 3 is 2.76 bits per heavy atom. The fourth-order valence-corrected chi connectivity index (χ4v) is 5.79. The van der Waals surface area contributed by atoms with E-state index in [4.69, 9.17) is 9.47 Å². The molecule has 174 valence electrons. The number of ether oxygens (including phenoxy) is 2. The van der Waals surface area contributed by atoms with Gasteiger partial charge in [0, 0.05) is 36.3 Å². The van der Waals surface area contributed by atoms with Gasteiger partial charge in [0.05, 0.1) is 30.7 Å². The van der Waals surface area contributed by atoms with Crippen molar-refractivity contribution in [1.29, 1.82) is 0 Å². The molecule has 5 heteroatoms. The molecule has 1 unspecified atom stereocenters. The maximum absolute atomic E-state index is 14.3. The summed E-state index contributed by atoms with van der Waals surface area (Å²) >= 11 is 0. The number of carbonyl (C=O) groups excluding carboxylic acids is 1. The van der Waals surface area contributed by atoms with Crippen LogP contribution >= 0.6 is 0 Å². The van der Waals surface area contributed by atoms with E-state index in [1.54, 1.807) is 0 Å². The van der Waals surface area contributed by atoms with Crippen molar-refractivity contribution in [3.63, 3.8) is 0 Å². The molecule has 2 aliphatic heterocycles. The van der Waals surface area contributed by atoms with Crippen LogP contribution in [-0.4, -0.2) is 54.7 Å². The maximum atomic E-state index is 14.3. The van der Waals surface area contributed by atoms with Crippen molar-refractivity contribution in [2.24, 2.45) is 5.92 Å². The molecule has 4 aliphatic rings. The smallest absolute Gasteiger partial charge is 0.176 e. The zero-order valence-electron chi connectivity index (χ0n) is 19.6. The monoisotopic (exact) mass is 454 g/mol. The number of ketones is 1. The predicted octanol–water partition coefficient (Wildman–Crippen LogP) is 4.95. The van der Waals surface area contributed by atoms with Gasteiger partial charge >= 0.3 is 0 Å². The molecule has 2 aliphatic carbocycles. The Labute approximate surface area is 200 Å². The molecule has 3 heterocycles. The van der Waals surface area contributed by atoms with Crippen LogP contribution in [0, 0.1) is 12.8 Å². The summed E-state index contributed by atoms with van der Waals surface area (Å²) in [7, 11) is 0. The fraction of sp³-hybridized carbons (Fsp3) is 0.345. The second kappa shape index (κ2) is 8.90. The minimum atomic E-state index is -0.279. The molecule has 0 bridgehead atoms. The molecule has 2 aromatic rings. The number of carbonyl (C=O) groups is 1. The van der Waals surface area contributed by atoms with Gasteiger partial charge in [0.15, 0.2) is 5.78 Å². The van der Waals surface area contributed by atoms with Crippen LogP contribution in [0.1, 0.15) is 28.5 Å². The van der Waals surface area contributed by atoms with Gasteiger partial charge in [-0.3, -0.25) is 9.69 Å². The maximum Gasteiger partial charge on any atom is 0.176 e. The molecule has 0 amide bonds. The molecular formula is C29H30N2O3. The summed E-state index contributed by atoms with van der Waals surface area (Å²) < 4.78 is 14.1. The van der Waals surface area contributed by atoms with E-state index < -0.39 is 0 Å². The lowest BCUT2D eigenvalue weighted by molar-refractivity contribution is 0.0272. The summed E-state index contributed by atoms with van der Waals surface area (Å²) in [4.78, 5) is 16.7. The number of aromatic nitrogens is 1. The SMILES string of the molecule is Cc1c(C(=O)C2C=CC=CC3=C2CC=CC=C3)c2cccc3c2n1[C@@H](CN1CCOCC1)CO3. The Hall–Kier alpha value is -3.15. The number of Topliss-reactive ketones (excluding diaryl/α,β-unsaturated/α-hetero) is 1. The van der Waals surface area contributed by atoms with E-state index in [1.165, 1.54) is 0 Å². The molecule has 2 atom stereocenters. The lowest BCUT2D eigenvalue weighted by Gasteiger charge is -2.34. The summed E-state index contributed by atoms with van der Waals surface area (Å²) in [5.41, 5.74) is 5.22. The number of benzene rings is 1. The summed E-state index contributed by atoms with van der Waals surface area (Å²) in [6.07, 6.45) is 17.4. The lowest BCUT2D eigenvalue weighted by atomic mass is 9.85. The van der Waals surface area contributed by atoms with Crippen molar-refractivity contribution in [1.82, 2.24) is 9.47 Å². The fourth-order valence-electron chi connectivity index (χ4n) is 5.79. The van der Waals surface area contributed by atoms with Crippen LogP contribution < -0.4 is 4.74 Å². The van der Waals surface area contributed by atoms with Gasteiger partial charge in [-0.25, -0.2) is 0 Å². The molecular weight excluding hydrogens is 424 g/mol. The van der Waals surface area contributed by atoms with Crippen LogP contribution in [0.15, 0.2) is 78.0 Å². The van der Waals surface area contributed by atoms with Crippen LogP contribution in [0.2, 0.25) is 0 Å². The first-order valence-corrected chi connectivity index (χ1v) is 12.2. The van der Waals surface area contributed by atoms with Gasteiger partial charge in [0.1, 0.15) is 12.4 Å². The van der Waals surface area contributed by atoms with Crippen molar-refractivity contribution in [2.45, 2.75) is 19.4 Å². The third-order valence-corrected chi connectivity index (χ3v) is 7.43. The third kappa shape index (κ3) is 3.60. The first-order chi connectivity index (χ1) is 16.7. The molecule has 34 heavy (non-hydrogen) atoms. The van der Waals surface area contributed by atoms with E-state index >= 15 is 0 Å². The van der Waals surface area contributed by atoms with Gasteiger partial charge in [-0.2, -0.15) is 0 Å². The summed E-state index contributed by atoms with van der Waals surface area (Å²) in [6.45, 7) is 7.04. The van der Waals surface area contributed by atoms with E-state index in [9.17, 15) is 4.79 Å². The standard InChI is InChI=1S/C29H30N2O3/c1-20-27(29(32)24-11-6-5-9-21-8-3-2-4-10-23(21)24)25-12-7-13-26-28(25)31(20)22(19-34-26)18-30-14-16-33-17-15-30/h2-9,11-13,22,24H,10,14-19H2,1H3/t22-,24?/m0/s1. The van der Waals surface area contributed by atoms with Gasteiger partial charge in [0.2, 0.25) is 0 Å². The van der Waals surface area contributed by atoms with E-state index in [0.717, 1.165) is 78.3 Å². The highest BCUT2D eigenvalue weighted by Crippen LogP contribution is 2.41. The molecule has 0 N–H and O–H groups in total. The number of allylic oxidation sites excluding steroid dienone is 10. The van der Waals surface area contributed by atoms with Crippen LogP contribution in [0.3, 0.4) is 0 Å². The normalized spacial score (nSPS) is 24.1. The minimum absolute atomic E-state index is 0.168. The zero-order chi connectivity index (χ0) is 23.1. The Morgan fingerprint density at radius 2 is 1.91 bits per heavy atom. The number of rotatable bonds is 4. The second-order valence-electron chi connectivity index (χ2n) is 9.42. The zero-order valence-corrected chi connectivity index (χ0v) is 19.6. The van der Waals surface area contributed by atoms with Crippen molar-refractivity contribution < 1.29 is 14.3 Å². The second-order valence-corrected chi connectivity index (χ2v) is 9.42. The third-order valence-electron chi connectivity index (χ3n) is 7.43. The van der Waals surface area contributed by atoms with Crippen LogP contribution in [0.5, 0.6) is 5.75 Å². The number of para-hydroxylation sites is 1. The van der Waals surface area contributed by atoms with Crippen molar-refractivity contribution in [3.8, 4) is 5.75 Å². The number of hydrogen-bond donors (Lipinski definition) is 0. The van der Waals surface area contributed by atoms with Crippen molar-refractivity contribution in [3.05, 3.63) is 89.2 Å².